The standard InChI is InChI=1S/C12H9NO4/c1-13-8(12(15)16)5-7-6-3-2-4-9(14)10(6)17-11(7)13/h2-5,14H,1H3,(H,15,16). The number of phenols is 1. The Bertz CT molecular complexity index is 751. The lowest BCUT2D eigenvalue weighted by atomic mass is 10.2. The lowest BCUT2D eigenvalue weighted by molar-refractivity contribution is 0.0686. The lowest BCUT2D eigenvalue weighted by Gasteiger charge is -1.96. The zero-order valence-electron chi connectivity index (χ0n) is 8.97. The van der Waals surface area contributed by atoms with Crippen LogP contribution in [0.5, 0.6) is 5.75 Å². The van der Waals surface area contributed by atoms with Gasteiger partial charge in [0.2, 0.25) is 5.71 Å². The molecule has 0 amide bonds. The van der Waals surface area contributed by atoms with Crippen molar-refractivity contribution in [2.24, 2.45) is 7.05 Å². The highest BCUT2D eigenvalue weighted by Crippen LogP contribution is 2.35. The molecule has 2 aromatic heterocycles. The van der Waals surface area contributed by atoms with E-state index in [1.807, 2.05) is 0 Å². The molecule has 3 rings (SSSR count). The first-order valence-corrected chi connectivity index (χ1v) is 5.03. The molecule has 0 saturated carbocycles. The number of carboxylic acid groups (broad SMARTS) is 1. The third kappa shape index (κ3) is 1.16. The number of benzene rings is 1. The quantitative estimate of drug-likeness (QED) is 0.673. The molecule has 1 aromatic carbocycles. The Morgan fingerprint density at radius 1 is 1.35 bits per heavy atom. The number of fused-ring (bicyclic) bond motifs is 3. The number of para-hydroxylation sites is 1. The van der Waals surface area contributed by atoms with E-state index in [-0.39, 0.29) is 11.4 Å². The lowest BCUT2D eigenvalue weighted by Crippen LogP contribution is -2.03. The van der Waals surface area contributed by atoms with Crippen LogP contribution < -0.4 is 0 Å². The van der Waals surface area contributed by atoms with Crippen molar-refractivity contribution in [3.63, 3.8) is 0 Å². The fourth-order valence-electron chi connectivity index (χ4n) is 2.05. The highest BCUT2D eigenvalue weighted by atomic mass is 16.4. The maximum absolute atomic E-state index is 11.0. The number of furan rings is 1. The van der Waals surface area contributed by atoms with Crippen LogP contribution in [0.1, 0.15) is 10.5 Å². The average molecular weight is 231 g/mol. The van der Waals surface area contributed by atoms with Crippen LogP contribution in [-0.2, 0) is 7.05 Å². The molecule has 0 saturated heterocycles. The molecule has 0 atom stereocenters. The van der Waals surface area contributed by atoms with E-state index in [0.717, 1.165) is 0 Å². The number of hydrogen-bond acceptors (Lipinski definition) is 3. The molecule has 5 heteroatoms. The van der Waals surface area contributed by atoms with Crippen molar-refractivity contribution in [3.8, 4) is 5.75 Å². The van der Waals surface area contributed by atoms with Crippen molar-refractivity contribution in [3.05, 3.63) is 30.0 Å². The number of rotatable bonds is 1. The molecule has 0 bridgehead atoms. The highest BCUT2D eigenvalue weighted by Gasteiger charge is 2.18. The van der Waals surface area contributed by atoms with Gasteiger partial charge < -0.3 is 19.2 Å². The van der Waals surface area contributed by atoms with Gasteiger partial charge in [0.1, 0.15) is 5.69 Å². The van der Waals surface area contributed by atoms with Gasteiger partial charge >= 0.3 is 5.97 Å². The number of aromatic carboxylic acids is 1. The molecule has 0 aliphatic carbocycles. The number of aromatic nitrogens is 1. The number of aryl methyl sites for hydroxylation is 1. The predicted molar refractivity (Wildman–Crippen MR) is 61.3 cm³/mol. The SMILES string of the molecule is Cn1c(C(=O)O)cc2c3cccc(O)c3oc21. The molecule has 0 unspecified atom stereocenters. The Hall–Kier alpha value is -2.43. The Balaban J connectivity index is 2.49. The van der Waals surface area contributed by atoms with E-state index in [1.165, 1.54) is 10.6 Å². The van der Waals surface area contributed by atoms with Crippen LogP contribution >= 0.6 is 0 Å². The van der Waals surface area contributed by atoms with Crippen LogP contribution in [0.3, 0.4) is 0 Å². The Labute approximate surface area is 95.5 Å². The smallest absolute Gasteiger partial charge is 0.352 e. The number of phenolic OH excluding ortho intramolecular Hbond substituents is 1. The van der Waals surface area contributed by atoms with Gasteiger partial charge in [-0.3, -0.25) is 0 Å². The number of carbonyl (C=O) groups is 1. The van der Waals surface area contributed by atoms with Crippen molar-refractivity contribution in [2.45, 2.75) is 0 Å². The monoisotopic (exact) mass is 231 g/mol. The minimum absolute atomic E-state index is 0.0515. The van der Waals surface area contributed by atoms with Crippen LogP contribution in [0.4, 0.5) is 0 Å². The van der Waals surface area contributed by atoms with Gasteiger partial charge in [0.15, 0.2) is 11.3 Å². The van der Waals surface area contributed by atoms with Crippen LogP contribution in [0, 0.1) is 0 Å². The summed E-state index contributed by atoms with van der Waals surface area (Å²) < 4.78 is 6.95. The van der Waals surface area contributed by atoms with Crippen LogP contribution in [-0.4, -0.2) is 20.7 Å². The molecule has 5 nitrogen and oxygen atoms in total. The van der Waals surface area contributed by atoms with Crippen molar-refractivity contribution < 1.29 is 19.4 Å². The molecular weight excluding hydrogens is 222 g/mol. The molecule has 3 aromatic rings. The largest absolute Gasteiger partial charge is 0.504 e. The van der Waals surface area contributed by atoms with Gasteiger partial charge in [0, 0.05) is 17.8 Å². The predicted octanol–water partition coefficient (Wildman–Crippen LogP) is 2.33. The molecule has 17 heavy (non-hydrogen) atoms. The van der Waals surface area contributed by atoms with Crippen LogP contribution in [0.2, 0.25) is 0 Å². The topological polar surface area (TPSA) is 75.6 Å². The molecule has 2 N–H and O–H groups in total. The van der Waals surface area contributed by atoms with Crippen LogP contribution in [0.15, 0.2) is 28.7 Å². The number of carboxylic acids is 1. The van der Waals surface area contributed by atoms with Gasteiger partial charge in [-0.15, -0.1) is 0 Å². The number of aromatic hydroxyl groups is 1. The van der Waals surface area contributed by atoms with E-state index >= 15 is 0 Å². The molecule has 0 aliphatic rings. The third-order valence-corrected chi connectivity index (χ3v) is 2.88. The van der Waals surface area contributed by atoms with E-state index in [1.54, 1.807) is 25.2 Å². The minimum atomic E-state index is -1.01. The summed E-state index contributed by atoms with van der Waals surface area (Å²) in [7, 11) is 1.62. The van der Waals surface area contributed by atoms with E-state index in [9.17, 15) is 9.90 Å². The van der Waals surface area contributed by atoms with Crippen molar-refractivity contribution in [1.29, 1.82) is 0 Å². The first kappa shape index (κ1) is 9.77. The Morgan fingerprint density at radius 2 is 2.12 bits per heavy atom. The normalized spacial score (nSPS) is 11.4. The molecule has 0 aliphatic heterocycles. The fourth-order valence-corrected chi connectivity index (χ4v) is 2.05. The second kappa shape index (κ2) is 3.04. The van der Waals surface area contributed by atoms with Gasteiger partial charge in [-0.2, -0.15) is 0 Å². The zero-order chi connectivity index (χ0) is 12.2. The average Bonchev–Trinajstić information content (AvgIpc) is 2.78. The molecular formula is C12H9NO4. The summed E-state index contributed by atoms with van der Waals surface area (Å²) in [5, 5.41) is 20.0. The second-order valence-corrected chi connectivity index (χ2v) is 3.87. The summed E-state index contributed by atoms with van der Waals surface area (Å²) in [5.74, 6) is -0.956. The fraction of sp³-hybridized carbons (Fsp3) is 0.0833. The first-order chi connectivity index (χ1) is 8.09. The number of hydrogen-bond donors (Lipinski definition) is 2. The maximum atomic E-state index is 11.0. The Morgan fingerprint density at radius 3 is 2.82 bits per heavy atom. The second-order valence-electron chi connectivity index (χ2n) is 3.87. The summed E-state index contributed by atoms with van der Waals surface area (Å²) in [4.78, 5) is 11.0. The first-order valence-electron chi connectivity index (χ1n) is 5.03. The van der Waals surface area contributed by atoms with Gasteiger partial charge in [-0.05, 0) is 12.1 Å². The zero-order valence-corrected chi connectivity index (χ0v) is 8.97. The van der Waals surface area contributed by atoms with E-state index in [4.69, 9.17) is 9.52 Å². The maximum Gasteiger partial charge on any atom is 0.352 e. The Kier molecular flexibility index (Phi) is 1.75. The van der Waals surface area contributed by atoms with Crippen molar-refractivity contribution >= 4 is 28.0 Å². The molecule has 2 heterocycles. The van der Waals surface area contributed by atoms with Crippen LogP contribution in [0.25, 0.3) is 22.1 Å². The van der Waals surface area contributed by atoms with Gasteiger partial charge in [-0.1, -0.05) is 12.1 Å². The van der Waals surface area contributed by atoms with Crippen molar-refractivity contribution in [2.75, 3.05) is 0 Å². The molecule has 0 spiro atoms. The number of nitrogens with zero attached hydrogens (tertiary/aromatic N) is 1. The van der Waals surface area contributed by atoms with Gasteiger partial charge in [0.25, 0.3) is 0 Å². The van der Waals surface area contributed by atoms with Crippen molar-refractivity contribution in [1.82, 2.24) is 4.57 Å². The minimum Gasteiger partial charge on any atom is -0.504 e. The highest BCUT2D eigenvalue weighted by molar-refractivity contribution is 6.08. The summed E-state index contributed by atoms with van der Waals surface area (Å²) in [6.07, 6.45) is 0. The van der Waals surface area contributed by atoms with E-state index in [2.05, 4.69) is 0 Å². The summed E-state index contributed by atoms with van der Waals surface area (Å²) in [5.41, 5.74) is 0.980. The summed E-state index contributed by atoms with van der Waals surface area (Å²) >= 11 is 0. The summed E-state index contributed by atoms with van der Waals surface area (Å²) in [6, 6.07) is 6.55. The van der Waals surface area contributed by atoms with Gasteiger partial charge in [0.05, 0.1) is 0 Å². The van der Waals surface area contributed by atoms with E-state index < -0.39 is 5.97 Å². The van der Waals surface area contributed by atoms with Gasteiger partial charge in [-0.25, -0.2) is 4.79 Å². The summed E-state index contributed by atoms with van der Waals surface area (Å²) in [6.45, 7) is 0. The molecule has 0 radical (unpaired) electrons. The van der Waals surface area contributed by atoms with E-state index in [0.29, 0.717) is 22.1 Å². The third-order valence-electron chi connectivity index (χ3n) is 2.88. The molecule has 86 valence electrons. The molecule has 0 fully saturated rings.